The number of aliphatic hydroxyl groups excluding tert-OH is 1. The third-order valence-corrected chi connectivity index (χ3v) is 2.88. The van der Waals surface area contributed by atoms with E-state index in [1.54, 1.807) is 0 Å². The highest BCUT2D eigenvalue weighted by Gasteiger charge is 2.34. The van der Waals surface area contributed by atoms with Gasteiger partial charge >= 0.3 is 6.18 Å². The van der Waals surface area contributed by atoms with Crippen molar-refractivity contribution in [2.24, 2.45) is 5.92 Å². The molecule has 1 aliphatic carbocycles. The third kappa shape index (κ3) is 2.50. The molecule has 1 atom stereocenters. The summed E-state index contributed by atoms with van der Waals surface area (Å²) in [6.07, 6.45) is -3.55. The molecule has 1 aromatic carbocycles. The van der Waals surface area contributed by atoms with Crippen LogP contribution in [0.3, 0.4) is 0 Å². The molecule has 1 unspecified atom stereocenters. The Labute approximate surface area is 95.8 Å². The van der Waals surface area contributed by atoms with Gasteiger partial charge in [0.25, 0.3) is 0 Å². The molecule has 1 aliphatic rings. The van der Waals surface area contributed by atoms with Crippen LogP contribution in [0.25, 0.3) is 0 Å². The zero-order chi connectivity index (χ0) is 11.9. The van der Waals surface area contributed by atoms with Crippen LogP contribution in [0.2, 0.25) is 5.02 Å². The molecule has 16 heavy (non-hydrogen) atoms. The highest BCUT2D eigenvalue weighted by Crippen LogP contribution is 2.42. The second kappa shape index (κ2) is 3.93. The van der Waals surface area contributed by atoms with Crippen molar-refractivity contribution < 1.29 is 18.3 Å². The fourth-order valence-corrected chi connectivity index (χ4v) is 1.87. The largest absolute Gasteiger partial charge is 0.416 e. The van der Waals surface area contributed by atoms with E-state index in [0.717, 1.165) is 25.0 Å². The fraction of sp³-hybridized carbons (Fsp3) is 0.455. The fourth-order valence-electron chi connectivity index (χ4n) is 1.63. The van der Waals surface area contributed by atoms with Gasteiger partial charge in [-0.05, 0) is 42.5 Å². The molecule has 1 fully saturated rings. The van der Waals surface area contributed by atoms with E-state index in [-0.39, 0.29) is 16.5 Å². The van der Waals surface area contributed by atoms with Crippen LogP contribution in [0.5, 0.6) is 0 Å². The molecular weight excluding hydrogens is 241 g/mol. The molecule has 0 radical (unpaired) electrons. The lowest BCUT2D eigenvalue weighted by molar-refractivity contribution is -0.137. The highest BCUT2D eigenvalue weighted by atomic mass is 35.5. The van der Waals surface area contributed by atoms with E-state index in [1.807, 2.05) is 0 Å². The molecule has 1 N–H and O–H groups in total. The van der Waals surface area contributed by atoms with Crippen molar-refractivity contribution in [3.63, 3.8) is 0 Å². The van der Waals surface area contributed by atoms with Gasteiger partial charge in [0.1, 0.15) is 0 Å². The molecule has 0 amide bonds. The van der Waals surface area contributed by atoms with Gasteiger partial charge in [0.2, 0.25) is 0 Å². The van der Waals surface area contributed by atoms with E-state index in [0.29, 0.717) is 0 Å². The first-order valence-electron chi connectivity index (χ1n) is 4.93. The van der Waals surface area contributed by atoms with Crippen molar-refractivity contribution in [3.05, 3.63) is 34.3 Å². The first-order chi connectivity index (χ1) is 7.38. The van der Waals surface area contributed by atoms with E-state index in [2.05, 4.69) is 0 Å². The molecular formula is C11H10ClF3O. The molecule has 0 spiro atoms. The molecule has 1 aromatic rings. The minimum atomic E-state index is -4.43. The van der Waals surface area contributed by atoms with Crippen LogP contribution in [0.4, 0.5) is 13.2 Å². The van der Waals surface area contributed by atoms with Gasteiger partial charge in [-0.3, -0.25) is 0 Å². The number of benzene rings is 1. The summed E-state index contributed by atoms with van der Waals surface area (Å²) in [7, 11) is 0. The smallest absolute Gasteiger partial charge is 0.388 e. The minimum Gasteiger partial charge on any atom is -0.388 e. The van der Waals surface area contributed by atoms with Gasteiger partial charge in [0, 0.05) is 5.02 Å². The van der Waals surface area contributed by atoms with Gasteiger partial charge < -0.3 is 5.11 Å². The molecule has 0 aromatic heterocycles. The second-order valence-electron chi connectivity index (χ2n) is 4.05. The van der Waals surface area contributed by atoms with Crippen LogP contribution < -0.4 is 0 Å². The molecule has 5 heteroatoms. The van der Waals surface area contributed by atoms with E-state index in [4.69, 9.17) is 11.6 Å². The maximum atomic E-state index is 12.5. The van der Waals surface area contributed by atoms with Crippen molar-refractivity contribution in [3.8, 4) is 0 Å². The number of alkyl halides is 3. The lowest BCUT2D eigenvalue weighted by atomic mass is 10.0. The number of aliphatic hydroxyl groups is 1. The Morgan fingerprint density at radius 1 is 1.25 bits per heavy atom. The summed E-state index contributed by atoms with van der Waals surface area (Å²) in [4.78, 5) is 0. The summed E-state index contributed by atoms with van der Waals surface area (Å²) in [5.74, 6) is 0.0829. The Kier molecular flexibility index (Phi) is 2.88. The SMILES string of the molecule is OC(c1cc(Cl)cc(C(F)(F)F)c1)C1CC1. The number of hydrogen-bond acceptors (Lipinski definition) is 1. The molecule has 0 saturated heterocycles. The van der Waals surface area contributed by atoms with Gasteiger partial charge in [-0.2, -0.15) is 13.2 Å². The van der Waals surface area contributed by atoms with Gasteiger partial charge in [0.15, 0.2) is 0 Å². The van der Waals surface area contributed by atoms with Crippen LogP contribution in [0.15, 0.2) is 18.2 Å². The van der Waals surface area contributed by atoms with E-state index in [9.17, 15) is 18.3 Å². The minimum absolute atomic E-state index is 0.00419. The van der Waals surface area contributed by atoms with Crippen LogP contribution in [-0.4, -0.2) is 5.11 Å². The van der Waals surface area contributed by atoms with Crippen LogP contribution in [0.1, 0.15) is 30.1 Å². The Balaban J connectivity index is 2.35. The average Bonchev–Trinajstić information content (AvgIpc) is 2.97. The third-order valence-electron chi connectivity index (χ3n) is 2.66. The average molecular weight is 251 g/mol. The Morgan fingerprint density at radius 3 is 2.38 bits per heavy atom. The van der Waals surface area contributed by atoms with Gasteiger partial charge in [-0.25, -0.2) is 0 Å². The molecule has 2 rings (SSSR count). The summed E-state index contributed by atoms with van der Waals surface area (Å²) >= 11 is 5.61. The molecule has 1 saturated carbocycles. The number of hydrogen-bond donors (Lipinski definition) is 1. The van der Waals surface area contributed by atoms with Crippen molar-refractivity contribution in [2.45, 2.75) is 25.1 Å². The zero-order valence-electron chi connectivity index (χ0n) is 8.26. The second-order valence-corrected chi connectivity index (χ2v) is 4.49. The van der Waals surface area contributed by atoms with Crippen molar-refractivity contribution in [1.82, 2.24) is 0 Å². The van der Waals surface area contributed by atoms with Crippen LogP contribution >= 0.6 is 11.6 Å². The lowest BCUT2D eigenvalue weighted by Gasteiger charge is -2.13. The molecule has 0 heterocycles. The summed E-state index contributed by atoms with van der Waals surface area (Å²) in [6, 6.07) is 3.22. The predicted molar refractivity (Wildman–Crippen MR) is 54.1 cm³/mol. The van der Waals surface area contributed by atoms with Gasteiger partial charge in [0.05, 0.1) is 11.7 Å². The monoisotopic (exact) mass is 250 g/mol. The predicted octanol–water partition coefficient (Wildman–Crippen LogP) is 3.80. The van der Waals surface area contributed by atoms with Gasteiger partial charge in [-0.1, -0.05) is 11.6 Å². The molecule has 1 nitrogen and oxygen atoms in total. The Bertz CT molecular complexity index is 399. The quantitative estimate of drug-likeness (QED) is 0.846. The van der Waals surface area contributed by atoms with Gasteiger partial charge in [-0.15, -0.1) is 0 Å². The topological polar surface area (TPSA) is 20.2 Å². The van der Waals surface area contributed by atoms with Crippen LogP contribution in [-0.2, 0) is 6.18 Å². The molecule has 0 aliphatic heterocycles. The maximum absolute atomic E-state index is 12.5. The first kappa shape index (κ1) is 11.7. The lowest BCUT2D eigenvalue weighted by Crippen LogP contribution is -2.08. The molecule has 88 valence electrons. The van der Waals surface area contributed by atoms with E-state index in [1.165, 1.54) is 6.07 Å². The summed E-state index contributed by atoms with van der Waals surface area (Å²) in [6.45, 7) is 0. The normalized spacial score (nSPS) is 18.6. The van der Waals surface area contributed by atoms with Crippen molar-refractivity contribution in [2.75, 3.05) is 0 Å². The number of halogens is 4. The van der Waals surface area contributed by atoms with Crippen LogP contribution in [0, 0.1) is 5.92 Å². The maximum Gasteiger partial charge on any atom is 0.416 e. The summed E-state index contributed by atoms with van der Waals surface area (Å²) < 4.78 is 37.5. The standard InChI is InChI=1S/C11H10ClF3O/c12-9-4-7(10(16)6-1-2-6)3-8(5-9)11(13,14)15/h3-6,10,16H,1-2H2. The van der Waals surface area contributed by atoms with E-state index < -0.39 is 17.8 Å². The highest BCUT2D eigenvalue weighted by molar-refractivity contribution is 6.30. The van der Waals surface area contributed by atoms with E-state index >= 15 is 0 Å². The first-order valence-corrected chi connectivity index (χ1v) is 5.31. The van der Waals surface area contributed by atoms with Crippen molar-refractivity contribution >= 4 is 11.6 Å². The molecule has 0 bridgehead atoms. The summed E-state index contributed by atoms with van der Waals surface area (Å²) in [5, 5.41) is 9.75. The van der Waals surface area contributed by atoms with Crippen molar-refractivity contribution in [1.29, 1.82) is 0 Å². The zero-order valence-corrected chi connectivity index (χ0v) is 9.02. The Hall–Kier alpha value is -0.740. The number of rotatable bonds is 2. The summed E-state index contributed by atoms with van der Waals surface area (Å²) in [5.41, 5.74) is -0.558. The Morgan fingerprint density at radius 2 is 1.88 bits per heavy atom.